The number of halogens is 1. The van der Waals surface area contributed by atoms with Crippen LogP contribution in [0, 0.1) is 5.82 Å². The van der Waals surface area contributed by atoms with Crippen LogP contribution < -0.4 is 0 Å². The Bertz CT molecular complexity index is 395. The van der Waals surface area contributed by atoms with Gasteiger partial charge in [0.2, 0.25) is 0 Å². The molecule has 1 heterocycles. The molecule has 0 bridgehead atoms. The van der Waals surface area contributed by atoms with Crippen LogP contribution in [0.15, 0.2) is 24.3 Å². The number of piperidine rings is 1. The summed E-state index contributed by atoms with van der Waals surface area (Å²) in [5.41, 5.74) is 0.501. The van der Waals surface area contributed by atoms with E-state index in [0.717, 1.165) is 25.1 Å². The number of likely N-dealkylation sites (tertiary alicyclic amines) is 1. The Hall–Kier alpha value is -0.970. The summed E-state index contributed by atoms with van der Waals surface area (Å²) in [6.45, 7) is 1.74. The van der Waals surface area contributed by atoms with E-state index in [0.29, 0.717) is 0 Å². The second kappa shape index (κ2) is 5.34. The van der Waals surface area contributed by atoms with Gasteiger partial charge in [-0.2, -0.15) is 0 Å². The fourth-order valence-corrected chi connectivity index (χ4v) is 2.72. The lowest BCUT2D eigenvalue weighted by molar-refractivity contribution is -0.156. The number of benzene rings is 1. The van der Waals surface area contributed by atoms with Gasteiger partial charge >= 0.3 is 0 Å². The lowest BCUT2D eigenvalue weighted by Gasteiger charge is -2.45. The van der Waals surface area contributed by atoms with Crippen LogP contribution in [-0.2, 0) is 15.1 Å². The zero-order valence-corrected chi connectivity index (χ0v) is 11.1. The quantitative estimate of drug-likeness (QED) is 0.822. The number of likely N-dealkylation sites (N-methyl/N-ethyl adjacent to an activating group) is 1. The van der Waals surface area contributed by atoms with Crippen molar-refractivity contribution in [3.05, 3.63) is 35.6 Å². The Kier molecular flexibility index (Phi) is 4.00. The molecule has 0 saturated carbocycles. The summed E-state index contributed by atoms with van der Waals surface area (Å²) < 4.78 is 24.4. The molecular formula is C14H20FNO2. The van der Waals surface area contributed by atoms with Gasteiger partial charge in [-0.05, 0) is 31.2 Å². The number of hydrogen-bond acceptors (Lipinski definition) is 3. The van der Waals surface area contributed by atoms with E-state index in [1.54, 1.807) is 26.4 Å². The molecule has 0 spiro atoms. The first-order valence-electron chi connectivity index (χ1n) is 6.15. The smallest absolute Gasteiger partial charge is 0.123 e. The fourth-order valence-electron chi connectivity index (χ4n) is 2.72. The van der Waals surface area contributed by atoms with Crippen molar-refractivity contribution >= 4 is 0 Å². The third-order valence-electron chi connectivity index (χ3n) is 3.84. The fraction of sp³-hybridized carbons (Fsp3) is 0.571. The molecule has 2 rings (SSSR count). The molecule has 0 aromatic heterocycles. The van der Waals surface area contributed by atoms with Gasteiger partial charge in [0.25, 0.3) is 0 Å². The van der Waals surface area contributed by atoms with Crippen molar-refractivity contribution in [3.8, 4) is 0 Å². The van der Waals surface area contributed by atoms with Gasteiger partial charge in [0.05, 0.1) is 0 Å². The molecule has 0 N–H and O–H groups in total. The molecule has 0 unspecified atom stereocenters. The van der Waals surface area contributed by atoms with E-state index >= 15 is 0 Å². The van der Waals surface area contributed by atoms with Crippen LogP contribution in [0.2, 0.25) is 0 Å². The zero-order chi connectivity index (χ0) is 13.2. The normalized spacial score (nSPS) is 29.4. The van der Waals surface area contributed by atoms with Gasteiger partial charge in [0.1, 0.15) is 17.5 Å². The first kappa shape index (κ1) is 13.5. The van der Waals surface area contributed by atoms with Crippen LogP contribution >= 0.6 is 0 Å². The van der Waals surface area contributed by atoms with Gasteiger partial charge < -0.3 is 14.4 Å². The van der Waals surface area contributed by atoms with E-state index in [2.05, 4.69) is 11.9 Å². The SMILES string of the molecule is CO[C@@H]1CN(C)CC[C@@]1(OC)c1ccc(F)cc1. The van der Waals surface area contributed by atoms with E-state index in [4.69, 9.17) is 9.47 Å². The van der Waals surface area contributed by atoms with Gasteiger partial charge in [0, 0.05) is 27.3 Å². The highest BCUT2D eigenvalue weighted by atomic mass is 19.1. The Labute approximate surface area is 107 Å². The summed E-state index contributed by atoms with van der Waals surface area (Å²) in [7, 11) is 5.46. The maximum atomic E-state index is 13.0. The van der Waals surface area contributed by atoms with Gasteiger partial charge in [-0.25, -0.2) is 4.39 Å². The highest BCUT2D eigenvalue weighted by molar-refractivity contribution is 5.26. The van der Waals surface area contributed by atoms with Crippen molar-refractivity contribution < 1.29 is 13.9 Å². The molecule has 2 atom stereocenters. The van der Waals surface area contributed by atoms with Crippen LogP contribution in [0.1, 0.15) is 12.0 Å². The second-order valence-corrected chi connectivity index (χ2v) is 4.84. The van der Waals surface area contributed by atoms with Crippen LogP contribution in [0.5, 0.6) is 0 Å². The van der Waals surface area contributed by atoms with E-state index in [9.17, 15) is 4.39 Å². The lowest BCUT2D eigenvalue weighted by atomic mass is 9.82. The molecule has 1 aromatic carbocycles. The predicted molar refractivity (Wildman–Crippen MR) is 68.0 cm³/mol. The largest absolute Gasteiger partial charge is 0.377 e. The number of rotatable bonds is 3. The van der Waals surface area contributed by atoms with Crippen LogP contribution in [-0.4, -0.2) is 45.4 Å². The first-order chi connectivity index (χ1) is 8.62. The molecule has 1 saturated heterocycles. The summed E-state index contributed by atoms with van der Waals surface area (Å²) in [5.74, 6) is -0.230. The van der Waals surface area contributed by atoms with Gasteiger partial charge in [-0.3, -0.25) is 0 Å². The summed E-state index contributed by atoms with van der Waals surface area (Å²) >= 11 is 0. The Morgan fingerprint density at radius 3 is 2.50 bits per heavy atom. The molecule has 0 aliphatic carbocycles. The van der Waals surface area contributed by atoms with Crippen molar-refractivity contribution in [2.24, 2.45) is 0 Å². The van der Waals surface area contributed by atoms with Crippen LogP contribution in [0.4, 0.5) is 4.39 Å². The molecular weight excluding hydrogens is 233 g/mol. The summed E-state index contributed by atoms with van der Waals surface area (Å²) in [6.07, 6.45) is 0.788. The zero-order valence-electron chi connectivity index (χ0n) is 11.1. The summed E-state index contributed by atoms with van der Waals surface area (Å²) in [5, 5.41) is 0. The third-order valence-corrected chi connectivity index (χ3v) is 3.84. The number of methoxy groups -OCH3 is 2. The molecule has 1 aliphatic heterocycles. The highest BCUT2D eigenvalue weighted by Gasteiger charge is 2.44. The van der Waals surface area contributed by atoms with Crippen molar-refractivity contribution in [1.29, 1.82) is 0 Å². The highest BCUT2D eigenvalue weighted by Crippen LogP contribution is 2.37. The standard InChI is InChI=1S/C14H20FNO2/c1-16-9-8-14(18-3,13(10-16)17-2)11-4-6-12(15)7-5-11/h4-7,13H,8-10H2,1-3H3/t13-,14-/m1/s1. The molecule has 1 fully saturated rings. The number of nitrogens with zero attached hydrogens (tertiary/aromatic N) is 1. The topological polar surface area (TPSA) is 21.7 Å². The Balaban J connectivity index is 2.36. The minimum atomic E-state index is -0.477. The molecule has 4 heteroatoms. The van der Waals surface area contributed by atoms with E-state index in [1.165, 1.54) is 12.1 Å². The molecule has 1 aliphatic rings. The maximum Gasteiger partial charge on any atom is 0.123 e. The molecule has 100 valence electrons. The Morgan fingerprint density at radius 1 is 1.28 bits per heavy atom. The van der Waals surface area contributed by atoms with Gasteiger partial charge in [0.15, 0.2) is 0 Å². The second-order valence-electron chi connectivity index (χ2n) is 4.84. The van der Waals surface area contributed by atoms with Crippen molar-refractivity contribution in [2.75, 3.05) is 34.4 Å². The molecule has 3 nitrogen and oxygen atoms in total. The average molecular weight is 253 g/mol. The van der Waals surface area contributed by atoms with Crippen molar-refractivity contribution in [1.82, 2.24) is 4.90 Å². The average Bonchev–Trinajstić information content (AvgIpc) is 2.40. The van der Waals surface area contributed by atoms with E-state index in [1.807, 2.05) is 0 Å². The molecule has 18 heavy (non-hydrogen) atoms. The van der Waals surface area contributed by atoms with E-state index in [-0.39, 0.29) is 11.9 Å². The number of ether oxygens (including phenoxy) is 2. The molecule has 0 radical (unpaired) electrons. The first-order valence-corrected chi connectivity index (χ1v) is 6.15. The lowest BCUT2D eigenvalue weighted by Crippen LogP contribution is -2.54. The monoisotopic (exact) mass is 253 g/mol. The van der Waals surface area contributed by atoms with Gasteiger partial charge in [-0.15, -0.1) is 0 Å². The molecule has 0 amide bonds. The van der Waals surface area contributed by atoms with Crippen LogP contribution in [0.25, 0.3) is 0 Å². The maximum absolute atomic E-state index is 13.0. The Morgan fingerprint density at radius 2 is 1.94 bits per heavy atom. The third kappa shape index (κ3) is 2.28. The van der Waals surface area contributed by atoms with Gasteiger partial charge in [-0.1, -0.05) is 12.1 Å². The minimum absolute atomic E-state index is 0.0493. The van der Waals surface area contributed by atoms with Crippen molar-refractivity contribution in [2.45, 2.75) is 18.1 Å². The van der Waals surface area contributed by atoms with Crippen molar-refractivity contribution in [3.63, 3.8) is 0 Å². The molecule has 1 aromatic rings. The summed E-state index contributed by atoms with van der Waals surface area (Å²) in [4.78, 5) is 2.22. The minimum Gasteiger partial charge on any atom is -0.377 e. The van der Waals surface area contributed by atoms with E-state index < -0.39 is 5.60 Å². The number of hydrogen-bond donors (Lipinski definition) is 0. The van der Waals surface area contributed by atoms with Crippen LogP contribution in [0.3, 0.4) is 0 Å². The summed E-state index contributed by atoms with van der Waals surface area (Å²) in [6, 6.07) is 6.52. The predicted octanol–water partition coefficient (Wildman–Crippen LogP) is 2.02.